The third-order valence-corrected chi connectivity index (χ3v) is 21.4. The van der Waals surface area contributed by atoms with E-state index in [1.165, 1.54) is 0 Å². The number of nitrogens with one attached hydrogen (secondary N) is 1. The molecule has 0 radical (unpaired) electrons. The molecule has 1 N–H and O–H groups in total. The lowest BCUT2D eigenvalue weighted by Crippen LogP contribution is -2.52. The minimum atomic E-state index is -1.65. The van der Waals surface area contributed by atoms with Crippen LogP contribution in [0.25, 0.3) is 0 Å². The Morgan fingerprint density at radius 1 is 0.732 bits per heavy atom. The van der Waals surface area contributed by atoms with Gasteiger partial charge in [-0.25, -0.2) is 13.1 Å². The third kappa shape index (κ3) is 12.3. The van der Waals surface area contributed by atoms with Crippen molar-refractivity contribution in [2.75, 3.05) is 0 Å². The van der Waals surface area contributed by atoms with Crippen LogP contribution in [0.15, 0.2) is 4.40 Å². The van der Waals surface area contributed by atoms with Crippen molar-refractivity contribution in [2.45, 2.75) is 180 Å². The lowest BCUT2D eigenvalue weighted by molar-refractivity contribution is 0.0407. The monoisotopic (exact) mass is 650 g/mol. The van der Waals surface area contributed by atoms with E-state index >= 15 is 0 Å². The molecular weight excluding hydrogens is 585 g/mol. The van der Waals surface area contributed by atoms with Crippen LogP contribution in [0.5, 0.6) is 0 Å². The molecule has 244 valence electrons. The van der Waals surface area contributed by atoms with Gasteiger partial charge in [-0.3, -0.25) is 0 Å². The van der Waals surface area contributed by atoms with Gasteiger partial charge in [0.1, 0.15) is 11.0 Å². The van der Waals surface area contributed by atoms with Crippen LogP contribution in [-0.2, 0) is 30.8 Å². The highest BCUT2D eigenvalue weighted by Gasteiger charge is 2.44. The van der Waals surface area contributed by atoms with Crippen molar-refractivity contribution in [3.05, 3.63) is 0 Å². The predicted octanol–water partition coefficient (Wildman–Crippen LogP) is 8.55. The Balaban J connectivity index is 0.000000410. The first kappa shape index (κ1) is 39.3. The summed E-state index contributed by atoms with van der Waals surface area (Å²) in [5, 5.41) is 0.537. The summed E-state index contributed by atoms with van der Waals surface area (Å²) >= 11 is 0. The normalized spacial score (nSPS) is 26.9. The van der Waals surface area contributed by atoms with Gasteiger partial charge in [-0.1, -0.05) is 41.5 Å². The van der Waals surface area contributed by atoms with Gasteiger partial charge in [0.25, 0.3) is 0 Å². The molecule has 0 saturated heterocycles. The van der Waals surface area contributed by atoms with Gasteiger partial charge in [0, 0.05) is 24.5 Å². The molecule has 41 heavy (non-hydrogen) atoms. The number of hydrogen-bond acceptors (Lipinski definition) is 4. The van der Waals surface area contributed by atoms with Crippen LogP contribution in [0, 0.1) is 11.8 Å². The minimum Gasteiger partial charge on any atom is -0.414 e. The van der Waals surface area contributed by atoms with Crippen LogP contribution in [-0.4, -0.2) is 59.0 Å². The summed E-state index contributed by atoms with van der Waals surface area (Å²) in [6, 6.07) is 0.296. The largest absolute Gasteiger partial charge is 0.414 e. The molecule has 0 heterocycles. The van der Waals surface area contributed by atoms with E-state index in [1.807, 2.05) is 47.8 Å². The highest BCUT2D eigenvalue weighted by atomic mass is 32.2. The van der Waals surface area contributed by atoms with Crippen LogP contribution < -0.4 is 4.72 Å². The zero-order valence-electron chi connectivity index (χ0n) is 29.7. The molecule has 2 aliphatic rings. The van der Waals surface area contributed by atoms with E-state index in [0.29, 0.717) is 30.1 Å². The molecule has 0 aliphatic heterocycles. The first-order chi connectivity index (χ1) is 18.1. The second-order valence-electron chi connectivity index (χ2n) is 17.4. The minimum absolute atomic E-state index is 0.199. The van der Waals surface area contributed by atoms with Crippen molar-refractivity contribution in [1.29, 1.82) is 0 Å². The smallest absolute Gasteiger partial charge is 0.192 e. The van der Waals surface area contributed by atoms with Gasteiger partial charge in [-0.05, 0) is 122 Å². The second kappa shape index (κ2) is 14.1. The van der Waals surface area contributed by atoms with Gasteiger partial charge in [0.05, 0.1) is 20.5 Å². The summed E-state index contributed by atoms with van der Waals surface area (Å²) in [6.45, 7) is 36.9. The Labute approximate surface area is 261 Å². The lowest BCUT2D eigenvalue weighted by Gasteiger charge is -2.46. The molecule has 3 unspecified atom stereocenters. The fourth-order valence-electron chi connectivity index (χ4n) is 3.86. The Kier molecular flexibility index (Phi) is 13.6. The summed E-state index contributed by atoms with van der Waals surface area (Å²) in [5.41, 5.74) is 0. The molecule has 6 nitrogen and oxygen atoms in total. The van der Waals surface area contributed by atoms with Gasteiger partial charge in [0.15, 0.2) is 16.6 Å². The average molecular weight is 651 g/mol. The van der Waals surface area contributed by atoms with Crippen molar-refractivity contribution in [3.63, 3.8) is 0 Å². The summed E-state index contributed by atoms with van der Waals surface area (Å²) in [4.78, 5) is 0. The van der Waals surface area contributed by atoms with Crippen LogP contribution in [0.2, 0.25) is 36.3 Å². The topological polar surface area (TPSA) is 77.0 Å². The Morgan fingerprint density at radius 2 is 1.12 bits per heavy atom. The third-order valence-electron chi connectivity index (χ3n) is 9.25. The number of nitrogens with zero attached hydrogens (tertiary/aromatic N) is 1. The van der Waals surface area contributed by atoms with Crippen LogP contribution in [0.4, 0.5) is 0 Å². The van der Waals surface area contributed by atoms with E-state index < -0.39 is 38.6 Å². The average Bonchev–Trinajstić information content (AvgIpc) is 2.68. The van der Waals surface area contributed by atoms with Gasteiger partial charge < -0.3 is 8.85 Å². The molecule has 0 aromatic rings. The maximum absolute atomic E-state index is 12.1. The summed E-state index contributed by atoms with van der Waals surface area (Å²) < 4.78 is 43.7. The van der Waals surface area contributed by atoms with Gasteiger partial charge in [-0.15, -0.1) is 0 Å². The molecule has 0 aromatic heterocycles. The Hall–Kier alpha value is 0.284. The number of rotatable bonds is 9. The van der Waals surface area contributed by atoms with E-state index in [4.69, 9.17) is 8.85 Å². The van der Waals surface area contributed by atoms with Crippen molar-refractivity contribution in [1.82, 2.24) is 4.72 Å². The first-order valence-electron chi connectivity index (χ1n) is 15.6. The van der Waals surface area contributed by atoms with Crippen molar-refractivity contribution in [3.8, 4) is 0 Å². The van der Waals surface area contributed by atoms with Crippen molar-refractivity contribution < 1.29 is 17.3 Å². The van der Waals surface area contributed by atoms with Crippen molar-refractivity contribution >= 4 is 44.8 Å². The molecule has 2 rings (SSSR count). The summed E-state index contributed by atoms with van der Waals surface area (Å²) in [6.07, 6.45) is 6.91. The van der Waals surface area contributed by atoms with Crippen molar-refractivity contribution in [2.24, 2.45) is 16.2 Å². The highest BCUT2D eigenvalue weighted by molar-refractivity contribution is 7.85. The molecule has 0 bridgehead atoms. The predicted molar refractivity (Wildman–Crippen MR) is 186 cm³/mol. The molecule has 2 fully saturated rings. The standard InChI is InChI=1S/C16H35NO2SSi.C15H31NO2SSi/c1-12(17-20(18)15(2,3)4)13-10-14(11-13)19-21(8,9)16(5,6)7;1-14(2,3)19(17)16-11-12-9-13(10-12)18-20(7,8)15(4,5)6/h12-14,17H,10-11H2,1-9H3;11-13H,9-10H2,1-8H3. The fraction of sp³-hybridized carbons (Fsp3) is 0.968. The summed E-state index contributed by atoms with van der Waals surface area (Å²) in [5.74, 6) is 1.03. The molecular formula is C31H66N2O4S2Si2. The van der Waals surface area contributed by atoms with Crippen LogP contribution >= 0.6 is 0 Å². The molecule has 3 atom stereocenters. The highest BCUT2D eigenvalue weighted by Crippen LogP contribution is 2.43. The van der Waals surface area contributed by atoms with Gasteiger partial charge in [-0.2, -0.15) is 4.40 Å². The summed E-state index contributed by atoms with van der Waals surface area (Å²) in [7, 11) is -5.41. The molecule has 2 aliphatic carbocycles. The quantitative estimate of drug-likeness (QED) is 0.200. The zero-order chi connectivity index (χ0) is 32.4. The zero-order valence-corrected chi connectivity index (χ0v) is 33.3. The molecule has 2 saturated carbocycles. The van der Waals surface area contributed by atoms with Crippen LogP contribution in [0.1, 0.15) is 116 Å². The molecule has 10 heteroatoms. The van der Waals surface area contributed by atoms with Crippen LogP contribution in [0.3, 0.4) is 0 Å². The van der Waals surface area contributed by atoms with E-state index in [0.717, 1.165) is 25.7 Å². The lowest BCUT2D eigenvalue weighted by atomic mass is 9.78. The molecule has 0 amide bonds. The first-order valence-corrected chi connectivity index (χ1v) is 23.6. The molecule has 0 aromatic carbocycles. The molecule has 0 spiro atoms. The SMILES string of the molecule is CC(C)(C)S(=O)N=CC1CC(O[Si](C)(C)C(C)(C)C)C1.CC(NS(=O)C(C)(C)C)C1CC(O[Si](C)(C)C(C)(C)C)C1. The Bertz CT molecular complexity index is 916. The van der Waals surface area contributed by atoms with Gasteiger partial charge >= 0.3 is 0 Å². The van der Waals surface area contributed by atoms with E-state index in [-0.39, 0.29) is 19.6 Å². The fourth-order valence-corrected chi connectivity index (χ4v) is 8.10. The number of hydrogen-bond donors (Lipinski definition) is 1. The van der Waals surface area contributed by atoms with E-state index in [2.05, 4.69) is 83.8 Å². The maximum Gasteiger partial charge on any atom is 0.192 e. The van der Waals surface area contributed by atoms with E-state index in [9.17, 15) is 8.42 Å². The van der Waals surface area contributed by atoms with Gasteiger partial charge in [0.2, 0.25) is 0 Å². The Morgan fingerprint density at radius 3 is 1.46 bits per heavy atom. The maximum atomic E-state index is 12.1. The second-order valence-corrected chi connectivity index (χ2v) is 30.8. The van der Waals surface area contributed by atoms with E-state index in [1.54, 1.807) is 0 Å².